The van der Waals surface area contributed by atoms with Gasteiger partial charge in [0.1, 0.15) is 5.75 Å². The predicted molar refractivity (Wildman–Crippen MR) is 85.7 cm³/mol. The number of benzene rings is 1. The summed E-state index contributed by atoms with van der Waals surface area (Å²) in [5, 5.41) is 2.93. The van der Waals surface area contributed by atoms with Crippen LogP contribution in [-0.4, -0.2) is 19.6 Å². The summed E-state index contributed by atoms with van der Waals surface area (Å²) in [4.78, 5) is 11.8. The van der Waals surface area contributed by atoms with Gasteiger partial charge in [-0.2, -0.15) is 0 Å². The highest BCUT2D eigenvalue weighted by molar-refractivity contribution is 5.91. The molecule has 20 heavy (non-hydrogen) atoms. The van der Waals surface area contributed by atoms with E-state index in [-0.39, 0.29) is 18.3 Å². The van der Waals surface area contributed by atoms with Crippen LogP contribution in [0, 0.1) is 6.92 Å². The number of amides is 1. The van der Waals surface area contributed by atoms with E-state index in [1.165, 1.54) is 0 Å². The van der Waals surface area contributed by atoms with Crippen molar-refractivity contribution >= 4 is 24.0 Å². The quantitative estimate of drug-likeness (QED) is 0.724. The number of carbonyl (C=O) groups is 1. The first-order chi connectivity index (χ1) is 9.17. The van der Waals surface area contributed by atoms with Crippen LogP contribution >= 0.6 is 12.4 Å². The Kier molecular flexibility index (Phi) is 9.86. The van der Waals surface area contributed by atoms with E-state index in [4.69, 9.17) is 10.5 Å². The van der Waals surface area contributed by atoms with Gasteiger partial charge in [-0.25, -0.2) is 0 Å². The average Bonchev–Trinajstić information content (AvgIpc) is 2.41. The Morgan fingerprint density at radius 1 is 1.25 bits per heavy atom. The Morgan fingerprint density at radius 2 is 1.95 bits per heavy atom. The first-order valence-electron chi connectivity index (χ1n) is 6.82. The van der Waals surface area contributed by atoms with Gasteiger partial charge in [0.2, 0.25) is 5.91 Å². The zero-order chi connectivity index (χ0) is 14.1. The second-order valence-corrected chi connectivity index (χ2v) is 4.68. The zero-order valence-electron chi connectivity index (χ0n) is 12.3. The molecule has 0 aromatic heterocycles. The maximum atomic E-state index is 11.8. The van der Waals surface area contributed by atoms with E-state index >= 15 is 0 Å². The fraction of sp³-hybridized carbons (Fsp3) is 0.533. The molecule has 0 aliphatic carbocycles. The lowest BCUT2D eigenvalue weighted by molar-refractivity contribution is -0.116. The van der Waals surface area contributed by atoms with Gasteiger partial charge in [0, 0.05) is 12.1 Å². The maximum absolute atomic E-state index is 11.8. The van der Waals surface area contributed by atoms with Gasteiger partial charge in [-0.15, -0.1) is 12.4 Å². The molecule has 4 nitrogen and oxygen atoms in total. The number of carbonyl (C=O) groups excluding carboxylic acids is 1. The van der Waals surface area contributed by atoms with Crippen molar-refractivity contribution in [1.82, 2.24) is 0 Å². The summed E-state index contributed by atoms with van der Waals surface area (Å²) in [5.41, 5.74) is 7.29. The topological polar surface area (TPSA) is 64.3 Å². The summed E-state index contributed by atoms with van der Waals surface area (Å²) in [5.74, 6) is 0.873. The van der Waals surface area contributed by atoms with Gasteiger partial charge < -0.3 is 15.8 Å². The second-order valence-electron chi connectivity index (χ2n) is 4.68. The van der Waals surface area contributed by atoms with Crippen LogP contribution in [0.4, 0.5) is 5.69 Å². The summed E-state index contributed by atoms with van der Waals surface area (Å²) >= 11 is 0. The van der Waals surface area contributed by atoms with Crippen LogP contribution in [0.3, 0.4) is 0 Å². The van der Waals surface area contributed by atoms with E-state index in [0.29, 0.717) is 6.42 Å². The number of halogens is 1. The van der Waals surface area contributed by atoms with Crippen LogP contribution in [0.1, 0.15) is 37.7 Å². The van der Waals surface area contributed by atoms with E-state index in [1.54, 1.807) is 7.11 Å². The van der Waals surface area contributed by atoms with Gasteiger partial charge in [-0.05, 0) is 50.1 Å². The van der Waals surface area contributed by atoms with Crippen LogP contribution in [-0.2, 0) is 4.79 Å². The van der Waals surface area contributed by atoms with Gasteiger partial charge in [0.25, 0.3) is 0 Å². The molecule has 1 aromatic rings. The van der Waals surface area contributed by atoms with Crippen LogP contribution in [0.5, 0.6) is 5.75 Å². The molecule has 0 spiro atoms. The zero-order valence-corrected chi connectivity index (χ0v) is 13.1. The molecule has 0 atom stereocenters. The van der Waals surface area contributed by atoms with E-state index < -0.39 is 0 Å². The molecule has 0 saturated carbocycles. The molecule has 0 aliphatic rings. The minimum absolute atomic E-state index is 0. The number of rotatable bonds is 8. The van der Waals surface area contributed by atoms with Crippen LogP contribution in [0.25, 0.3) is 0 Å². The third-order valence-electron chi connectivity index (χ3n) is 3.07. The highest BCUT2D eigenvalue weighted by Gasteiger charge is 2.05. The molecule has 0 aliphatic heterocycles. The third kappa shape index (κ3) is 6.78. The molecular weight excluding hydrogens is 276 g/mol. The number of nitrogens with one attached hydrogen (secondary N) is 1. The summed E-state index contributed by atoms with van der Waals surface area (Å²) in [6, 6.07) is 5.64. The number of hydrogen-bond acceptors (Lipinski definition) is 3. The van der Waals surface area contributed by atoms with Crippen LogP contribution < -0.4 is 15.8 Å². The fourth-order valence-corrected chi connectivity index (χ4v) is 1.90. The number of anilines is 1. The van der Waals surface area contributed by atoms with Gasteiger partial charge in [-0.1, -0.05) is 12.8 Å². The van der Waals surface area contributed by atoms with Crippen molar-refractivity contribution in [3.8, 4) is 5.75 Å². The third-order valence-corrected chi connectivity index (χ3v) is 3.07. The monoisotopic (exact) mass is 300 g/mol. The van der Waals surface area contributed by atoms with Gasteiger partial charge in [0.05, 0.1) is 7.11 Å². The molecule has 0 bridgehead atoms. The molecule has 1 amide bonds. The first-order valence-corrected chi connectivity index (χ1v) is 6.82. The lowest BCUT2D eigenvalue weighted by Gasteiger charge is -2.09. The molecular formula is C15H25ClN2O2. The van der Waals surface area contributed by atoms with E-state index in [0.717, 1.165) is 49.2 Å². The van der Waals surface area contributed by atoms with E-state index in [1.807, 2.05) is 25.1 Å². The van der Waals surface area contributed by atoms with Crippen LogP contribution in [0.15, 0.2) is 18.2 Å². The summed E-state index contributed by atoms with van der Waals surface area (Å²) < 4.78 is 5.13. The van der Waals surface area contributed by atoms with Gasteiger partial charge in [-0.3, -0.25) is 4.79 Å². The van der Waals surface area contributed by atoms with Gasteiger partial charge >= 0.3 is 0 Å². The fourth-order valence-electron chi connectivity index (χ4n) is 1.90. The Bertz CT molecular complexity index is 411. The van der Waals surface area contributed by atoms with E-state index in [2.05, 4.69) is 5.32 Å². The minimum Gasteiger partial charge on any atom is -0.497 e. The van der Waals surface area contributed by atoms with Crippen molar-refractivity contribution < 1.29 is 9.53 Å². The second kappa shape index (κ2) is 10.5. The molecule has 0 unspecified atom stereocenters. The Morgan fingerprint density at radius 3 is 2.55 bits per heavy atom. The average molecular weight is 301 g/mol. The maximum Gasteiger partial charge on any atom is 0.224 e. The highest BCUT2D eigenvalue weighted by Crippen LogP contribution is 2.21. The molecule has 1 aromatic carbocycles. The van der Waals surface area contributed by atoms with Crippen molar-refractivity contribution in [2.24, 2.45) is 5.73 Å². The molecule has 3 N–H and O–H groups in total. The van der Waals surface area contributed by atoms with Crippen molar-refractivity contribution in [3.63, 3.8) is 0 Å². The summed E-state index contributed by atoms with van der Waals surface area (Å²) in [6.07, 6.45) is 4.69. The van der Waals surface area contributed by atoms with Crippen molar-refractivity contribution in [2.75, 3.05) is 19.0 Å². The number of hydrogen-bond donors (Lipinski definition) is 2. The molecule has 0 heterocycles. The standard InChI is InChI=1S/C15H24N2O2.ClH/c1-12-11-13(19-2)8-9-14(12)17-15(18)7-5-3-4-6-10-16;/h8-9,11H,3-7,10,16H2,1-2H3,(H,17,18);1H. The van der Waals surface area contributed by atoms with E-state index in [9.17, 15) is 4.79 Å². The van der Waals surface area contributed by atoms with Crippen molar-refractivity contribution in [1.29, 1.82) is 0 Å². The lowest BCUT2D eigenvalue weighted by atomic mass is 10.1. The smallest absolute Gasteiger partial charge is 0.224 e. The van der Waals surface area contributed by atoms with Crippen molar-refractivity contribution in [3.05, 3.63) is 23.8 Å². The molecule has 1 rings (SSSR count). The first kappa shape index (κ1) is 18.7. The molecule has 0 saturated heterocycles. The Hall–Kier alpha value is -1.26. The molecule has 0 radical (unpaired) electrons. The molecule has 5 heteroatoms. The lowest BCUT2D eigenvalue weighted by Crippen LogP contribution is -2.12. The predicted octanol–water partition coefficient (Wildman–Crippen LogP) is 3.27. The van der Waals surface area contributed by atoms with Crippen LogP contribution in [0.2, 0.25) is 0 Å². The number of methoxy groups -OCH3 is 1. The Balaban J connectivity index is 0.00000361. The molecule has 114 valence electrons. The Labute approximate surface area is 127 Å². The molecule has 0 fully saturated rings. The number of unbranched alkanes of at least 4 members (excludes halogenated alkanes) is 3. The minimum atomic E-state index is 0. The largest absolute Gasteiger partial charge is 0.497 e. The normalized spacial score (nSPS) is 9.75. The number of nitrogens with two attached hydrogens (primary N) is 1. The highest BCUT2D eigenvalue weighted by atomic mass is 35.5. The SMILES string of the molecule is COc1ccc(NC(=O)CCCCCCN)c(C)c1.Cl. The number of aryl methyl sites for hydroxylation is 1. The van der Waals surface area contributed by atoms with Gasteiger partial charge in [0.15, 0.2) is 0 Å². The summed E-state index contributed by atoms with van der Waals surface area (Å²) in [6.45, 7) is 2.69. The van der Waals surface area contributed by atoms with Crippen molar-refractivity contribution in [2.45, 2.75) is 39.0 Å². The number of ether oxygens (including phenoxy) is 1. The summed E-state index contributed by atoms with van der Waals surface area (Å²) in [7, 11) is 1.63.